The lowest BCUT2D eigenvalue weighted by molar-refractivity contribution is 0.422. The number of aryl methyl sites for hydroxylation is 1. The number of hydrogen-bond acceptors (Lipinski definition) is 5. The smallest absolute Gasteiger partial charge is 0.276 e. The Balaban J connectivity index is 2.36. The predicted molar refractivity (Wildman–Crippen MR) is 44.7 cm³/mol. The Bertz CT molecular complexity index is 384. The van der Waals surface area contributed by atoms with Crippen LogP contribution in [0.3, 0.4) is 0 Å². The Morgan fingerprint density at radius 1 is 1.46 bits per heavy atom. The van der Waals surface area contributed by atoms with Gasteiger partial charge in [0.05, 0.1) is 0 Å². The van der Waals surface area contributed by atoms with Gasteiger partial charge in [-0.05, 0) is 6.07 Å². The minimum atomic E-state index is 0.444. The van der Waals surface area contributed by atoms with Gasteiger partial charge in [-0.2, -0.15) is 4.98 Å². The quantitative estimate of drug-likeness (QED) is 0.685. The first-order valence-electron chi connectivity index (χ1n) is 3.99. The van der Waals surface area contributed by atoms with E-state index in [1.165, 1.54) is 6.33 Å². The van der Waals surface area contributed by atoms with Crippen LogP contribution in [0.25, 0.3) is 11.6 Å². The fraction of sp³-hybridized carbons (Fsp3) is 0.250. The third-order valence-corrected chi connectivity index (χ3v) is 1.59. The highest BCUT2D eigenvalue weighted by Crippen LogP contribution is 2.12. The predicted octanol–water partition coefficient (Wildman–Crippen LogP) is 1.09. The lowest BCUT2D eigenvalue weighted by atomic mass is 10.4. The van der Waals surface area contributed by atoms with E-state index in [1.54, 1.807) is 12.3 Å². The van der Waals surface area contributed by atoms with Crippen molar-refractivity contribution in [1.29, 1.82) is 0 Å². The first-order chi connectivity index (χ1) is 6.40. The largest absolute Gasteiger partial charge is 0.332 e. The number of rotatable bonds is 2. The molecule has 0 radical (unpaired) electrons. The van der Waals surface area contributed by atoms with Gasteiger partial charge in [0.1, 0.15) is 12.0 Å². The van der Waals surface area contributed by atoms with Crippen LogP contribution >= 0.6 is 0 Å². The van der Waals surface area contributed by atoms with Crippen LogP contribution in [-0.4, -0.2) is 20.1 Å². The van der Waals surface area contributed by atoms with Gasteiger partial charge < -0.3 is 4.52 Å². The Kier molecular flexibility index (Phi) is 1.99. The maximum Gasteiger partial charge on any atom is 0.276 e. The summed E-state index contributed by atoms with van der Waals surface area (Å²) in [5.74, 6) is 1.13. The van der Waals surface area contributed by atoms with Gasteiger partial charge in [0.25, 0.3) is 5.89 Å². The van der Waals surface area contributed by atoms with Crippen molar-refractivity contribution in [3.05, 3.63) is 24.4 Å². The van der Waals surface area contributed by atoms with Crippen LogP contribution in [0.1, 0.15) is 12.7 Å². The van der Waals surface area contributed by atoms with Crippen molar-refractivity contribution >= 4 is 0 Å². The lowest BCUT2D eigenvalue weighted by Crippen LogP contribution is -1.85. The van der Waals surface area contributed by atoms with Gasteiger partial charge in [-0.1, -0.05) is 12.1 Å². The van der Waals surface area contributed by atoms with E-state index in [0.717, 1.165) is 6.42 Å². The molecule has 0 aliphatic rings. The molecule has 2 aromatic rings. The minimum Gasteiger partial charge on any atom is -0.332 e. The molecule has 0 spiro atoms. The van der Waals surface area contributed by atoms with Gasteiger partial charge >= 0.3 is 0 Å². The van der Waals surface area contributed by atoms with Gasteiger partial charge in [0, 0.05) is 12.6 Å². The number of hydrogen-bond donors (Lipinski definition) is 0. The van der Waals surface area contributed by atoms with Crippen LogP contribution in [-0.2, 0) is 6.42 Å². The van der Waals surface area contributed by atoms with Gasteiger partial charge in [-0.3, -0.25) is 0 Å². The summed E-state index contributed by atoms with van der Waals surface area (Å²) in [5.41, 5.74) is 0.655. The first kappa shape index (κ1) is 7.85. The molecule has 0 atom stereocenters. The summed E-state index contributed by atoms with van der Waals surface area (Å²) >= 11 is 0. The lowest BCUT2D eigenvalue weighted by Gasteiger charge is -1.88. The molecule has 0 bridgehead atoms. The molecular weight excluding hydrogens is 168 g/mol. The zero-order valence-electron chi connectivity index (χ0n) is 7.14. The van der Waals surface area contributed by atoms with E-state index in [0.29, 0.717) is 17.4 Å². The van der Waals surface area contributed by atoms with Crippen molar-refractivity contribution in [2.24, 2.45) is 0 Å². The van der Waals surface area contributed by atoms with Crippen LogP contribution in [0, 0.1) is 0 Å². The molecule has 0 aromatic carbocycles. The molecule has 0 saturated heterocycles. The molecule has 13 heavy (non-hydrogen) atoms. The summed E-state index contributed by atoms with van der Waals surface area (Å²) < 4.78 is 4.99. The average Bonchev–Trinajstić information content (AvgIpc) is 2.67. The van der Waals surface area contributed by atoms with Crippen molar-refractivity contribution in [2.45, 2.75) is 13.3 Å². The highest BCUT2D eigenvalue weighted by molar-refractivity contribution is 5.44. The number of aromatic nitrogens is 4. The third-order valence-electron chi connectivity index (χ3n) is 1.59. The fourth-order valence-electron chi connectivity index (χ4n) is 0.919. The van der Waals surface area contributed by atoms with Crippen LogP contribution in [0.4, 0.5) is 0 Å². The van der Waals surface area contributed by atoms with E-state index < -0.39 is 0 Å². The van der Waals surface area contributed by atoms with Crippen molar-refractivity contribution in [2.75, 3.05) is 0 Å². The van der Waals surface area contributed by atoms with E-state index in [-0.39, 0.29) is 0 Å². The van der Waals surface area contributed by atoms with E-state index in [4.69, 9.17) is 4.52 Å². The average molecular weight is 176 g/mol. The van der Waals surface area contributed by atoms with Crippen molar-refractivity contribution in [3.8, 4) is 11.6 Å². The monoisotopic (exact) mass is 176 g/mol. The van der Waals surface area contributed by atoms with Gasteiger partial charge in [0.15, 0.2) is 5.82 Å². The Hall–Kier alpha value is -1.78. The molecule has 0 fully saturated rings. The summed E-state index contributed by atoms with van der Waals surface area (Å²) in [7, 11) is 0. The van der Waals surface area contributed by atoms with E-state index in [1.807, 2.05) is 6.92 Å². The van der Waals surface area contributed by atoms with Gasteiger partial charge in [-0.25, -0.2) is 9.97 Å². The maximum atomic E-state index is 4.99. The SMILES string of the molecule is CCc1noc(-c2ccncn2)n1. The molecule has 2 aromatic heterocycles. The highest BCUT2D eigenvalue weighted by atomic mass is 16.5. The molecule has 0 amide bonds. The molecule has 5 heteroatoms. The summed E-state index contributed by atoms with van der Waals surface area (Å²) in [6.45, 7) is 1.97. The Morgan fingerprint density at radius 3 is 3.00 bits per heavy atom. The topological polar surface area (TPSA) is 64.7 Å². The summed E-state index contributed by atoms with van der Waals surface area (Å²) in [5, 5.41) is 3.76. The van der Waals surface area contributed by atoms with Crippen LogP contribution < -0.4 is 0 Å². The third kappa shape index (κ3) is 1.53. The normalized spacial score (nSPS) is 10.2. The minimum absolute atomic E-state index is 0.444. The van der Waals surface area contributed by atoms with Crippen LogP contribution in [0.2, 0.25) is 0 Å². The molecule has 0 aliphatic heterocycles. The van der Waals surface area contributed by atoms with Crippen molar-refractivity contribution in [1.82, 2.24) is 20.1 Å². The Labute approximate surface area is 74.8 Å². The molecule has 0 saturated carbocycles. The van der Waals surface area contributed by atoms with Crippen molar-refractivity contribution in [3.63, 3.8) is 0 Å². The van der Waals surface area contributed by atoms with Crippen LogP contribution in [0.5, 0.6) is 0 Å². The second kappa shape index (κ2) is 3.30. The molecular formula is C8H8N4O. The highest BCUT2D eigenvalue weighted by Gasteiger charge is 2.07. The molecule has 66 valence electrons. The van der Waals surface area contributed by atoms with Crippen molar-refractivity contribution < 1.29 is 4.52 Å². The molecule has 2 heterocycles. The van der Waals surface area contributed by atoms with E-state index >= 15 is 0 Å². The van der Waals surface area contributed by atoms with E-state index in [2.05, 4.69) is 20.1 Å². The van der Waals surface area contributed by atoms with Gasteiger partial charge in [0.2, 0.25) is 0 Å². The standard InChI is InChI=1S/C8H8N4O/c1-2-7-11-8(13-12-7)6-3-4-9-5-10-6/h3-5H,2H2,1H3. The second-order valence-electron chi connectivity index (χ2n) is 2.46. The van der Waals surface area contributed by atoms with Crippen LogP contribution in [0.15, 0.2) is 23.1 Å². The first-order valence-corrected chi connectivity index (χ1v) is 3.99. The molecule has 5 nitrogen and oxygen atoms in total. The summed E-state index contributed by atoms with van der Waals surface area (Å²) in [6.07, 6.45) is 3.85. The second-order valence-corrected chi connectivity index (χ2v) is 2.46. The molecule has 0 unspecified atom stereocenters. The number of nitrogens with zero attached hydrogens (tertiary/aromatic N) is 4. The molecule has 0 N–H and O–H groups in total. The zero-order valence-corrected chi connectivity index (χ0v) is 7.14. The summed E-state index contributed by atoms with van der Waals surface area (Å²) in [6, 6.07) is 1.73. The fourth-order valence-corrected chi connectivity index (χ4v) is 0.919. The molecule has 0 aliphatic carbocycles. The molecule has 2 rings (SSSR count). The Morgan fingerprint density at radius 2 is 2.38 bits per heavy atom. The maximum absolute atomic E-state index is 4.99. The zero-order chi connectivity index (χ0) is 9.10. The van der Waals surface area contributed by atoms with E-state index in [9.17, 15) is 0 Å². The summed E-state index contributed by atoms with van der Waals surface area (Å²) in [4.78, 5) is 11.9. The van der Waals surface area contributed by atoms with Gasteiger partial charge in [-0.15, -0.1) is 0 Å².